The van der Waals surface area contributed by atoms with Gasteiger partial charge in [0.15, 0.2) is 0 Å². The average molecular weight is 226 g/mol. The molecule has 0 saturated carbocycles. The molecule has 0 aliphatic carbocycles. The molecule has 0 aliphatic rings. The van der Waals surface area contributed by atoms with Gasteiger partial charge >= 0.3 is 0 Å². The quantitative estimate of drug-likeness (QED) is 0.767. The molecule has 2 aromatic carbocycles. The van der Waals surface area contributed by atoms with Crippen LogP contribution in [-0.4, -0.2) is 5.11 Å². The van der Waals surface area contributed by atoms with Gasteiger partial charge in [0.1, 0.15) is 5.75 Å². The zero-order valence-electron chi connectivity index (χ0n) is 10.4. The van der Waals surface area contributed by atoms with Crippen molar-refractivity contribution in [2.24, 2.45) is 0 Å². The van der Waals surface area contributed by atoms with Crippen LogP contribution in [-0.2, 0) is 0 Å². The lowest BCUT2D eigenvalue weighted by Gasteiger charge is -1.98. The van der Waals surface area contributed by atoms with Crippen molar-refractivity contribution in [3.05, 3.63) is 71.8 Å². The van der Waals surface area contributed by atoms with Crippen molar-refractivity contribution in [1.29, 1.82) is 0 Å². The van der Waals surface area contributed by atoms with Gasteiger partial charge in [-0.3, -0.25) is 0 Å². The summed E-state index contributed by atoms with van der Waals surface area (Å²) in [6.45, 7) is 7.58. The van der Waals surface area contributed by atoms with Gasteiger partial charge in [0, 0.05) is 5.56 Å². The lowest BCUT2D eigenvalue weighted by molar-refractivity contribution is 0.473. The van der Waals surface area contributed by atoms with E-state index in [1.54, 1.807) is 12.1 Å². The van der Waals surface area contributed by atoms with Gasteiger partial charge in [-0.2, -0.15) is 0 Å². The van der Waals surface area contributed by atoms with Crippen LogP contribution in [0.3, 0.4) is 0 Å². The van der Waals surface area contributed by atoms with E-state index in [4.69, 9.17) is 0 Å². The first-order chi connectivity index (χ1) is 8.13. The maximum Gasteiger partial charge on any atom is 0.123 e. The van der Waals surface area contributed by atoms with Crippen LogP contribution in [0, 0.1) is 13.8 Å². The van der Waals surface area contributed by atoms with E-state index >= 15 is 0 Å². The Hall–Kier alpha value is -2.02. The molecule has 0 radical (unpaired) electrons. The number of hydrogen-bond acceptors (Lipinski definition) is 1. The fraction of sp³-hybridized carbons (Fsp3) is 0.125. The molecule has 0 atom stereocenters. The van der Waals surface area contributed by atoms with Crippen molar-refractivity contribution in [2.45, 2.75) is 13.8 Å². The van der Waals surface area contributed by atoms with Gasteiger partial charge in [-0.05, 0) is 25.5 Å². The van der Waals surface area contributed by atoms with Crippen LogP contribution in [0.15, 0.2) is 55.1 Å². The first-order valence-corrected chi connectivity index (χ1v) is 5.57. The average Bonchev–Trinajstić information content (AvgIpc) is 2.31. The molecule has 1 nitrogen and oxygen atoms in total. The highest BCUT2D eigenvalue weighted by atomic mass is 16.3. The Labute approximate surface area is 103 Å². The predicted molar refractivity (Wildman–Crippen MR) is 74.1 cm³/mol. The Morgan fingerprint density at radius 3 is 2.00 bits per heavy atom. The number of aromatic hydroxyl groups is 1. The van der Waals surface area contributed by atoms with Gasteiger partial charge < -0.3 is 5.11 Å². The summed E-state index contributed by atoms with van der Waals surface area (Å²) >= 11 is 0. The standard InChI is InChI=1S/C9H10O.C7H8/c1-3-8-5-4-7(2)6-9(8)10;1-7-5-3-2-4-6-7/h3-6,10H,1H2,2H3;2-6H,1H3. The van der Waals surface area contributed by atoms with Gasteiger partial charge in [-0.25, -0.2) is 0 Å². The Kier molecular flexibility index (Phi) is 5.02. The molecule has 0 saturated heterocycles. The molecular weight excluding hydrogens is 208 g/mol. The summed E-state index contributed by atoms with van der Waals surface area (Å²) in [5, 5.41) is 9.22. The van der Waals surface area contributed by atoms with E-state index in [9.17, 15) is 5.11 Å². The van der Waals surface area contributed by atoms with Crippen molar-refractivity contribution < 1.29 is 5.11 Å². The Morgan fingerprint density at radius 2 is 1.59 bits per heavy atom. The molecule has 1 N–H and O–H groups in total. The van der Waals surface area contributed by atoms with Crippen LogP contribution in [0.1, 0.15) is 16.7 Å². The van der Waals surface area contributed by atoms with Crippen molar-refractivity contribution in [3.8, 4) is 5.75 Å². The third-order valence-corrected chi connectivity index (χ3v) is 2.35. The van der Waals surface area contributed by atoms with E-state index in [-0.39, 0.29) is 0 Å². The first-order valence-electron chi connectivity index (χ1n) is 5.57. The highest BCUT2D eigenvalue weighted by molar-refractivity contribution is 5.55. The van der Waals surface area contributed by atoms with Crippen LogP contribution >= 0.6 is 0 Å². The zero-order chi connectivity index (χ0) is 12.7. The number of benzene rings is 2. The fourth-order valence-corrected chi connectivity index (χ4v) is 1.36. The molecule has 17 heavy (non-hydrogen) atoms. The molecule has 0 heterocycles. The molecule has 0 fully saturated rings. The van der Waals surface area contributed by atoms with Crippen LogP contribution in [0.2, 0.25) is 0 Å². The van der Waals surface area contributed by atoms with Gasteiger partial charge in [0.25, 0.3) is 0 Å². The van der Waals surface area contributed by atoms with E-state index < -0.39 is 0 Å². The minimum absolute atomic E-state index is 0.301. The Balaban J connectivity index is 0.000000181. The van der Waals surface area contributed by atoms with Crippen molar-refractivity contribution >= 4 is 6.08 Å². The SMILES string of the molecule is C=Cc1ccc(C)cc1O.Cc1ccccc1. The summed E-state index contributed by atoms with van der Waals surface area (Å²) in [5.41, 5.74) is 3.16. The van der Waals surface area contributed by atoms with Gasteiger partial charge in [0.05, 0.1) is 0 Å². The third-order valence-electron chi connectivity index (χ3n) is 2.35. The minimum atomic E-state index is 0.301. The monoisotopic (exact) mass is 226 g/mol. The smallest absolute Gasteiger partial charge is 0.123 e. The number of rotatable bonds is 1. The van der Waals surface area contributed by atoms with Crippen molar-refractivity contribution in [2.75, 3.05) is 0 Å². The molecule has 0 aliphatic heterocycles. The first kappa shape index (κ1) is 13.0. The third kappa shape index (κ3) is 4.56. The second-order valence-corrected chi connectivity index (χ2v) is 3.92. The van der Waals surface area contributed by atoms with Crippen LogP contribution in [0.5, 0.6) is 5.75 Å². The van der Waals surface area contributed by atoms with Gasteiger partial charge in [-0.15, -0.1) is 0 Å². The maximum atomic E-state index is 9.22. The molecule has 0 aromatic heterocycles. The van der Waals surface area contributed by atoms with Crippen molar-refractivity contribution in [3.63, 3.8) is 0 Å². The van der Waals surface area contributed by atoms with E-state index in [1.807, 2.05) is 37.3 Å². The van der Waals surface area contributed by atoms with Crippen LogP contribution in [0.25, 0.3) is 6.08 Å². The molecule has 0 unspecified atom stereocenters. The summed E-state index contributed by atoms with van der Waals surface area (Å²) in [6, 6.07) is 15.8. The zero-order valence-corrected chi connectivity index (χ0v) is 10.4. The predicted octanol–water partition coefficient (Wildman–Crippen LogP) is 4.34. The minimum Gasteiger partial charge on any atom is -0.507 e. The molecule has 2 aromatic rings. The van der Waals surface area contributed by atoms with E-state index in [1.165, 1.54) is 5.56 Å². The summed E-state index contributed by atoms with van der Waals surface area (Å²) < 4.78 is 0. The normalized spacial score (nSPS) is 9.06. The molecule has 0 bridgehead atoms. The second kappa shape index (κ2) is 6.54. The largest absolute Gasteiger partial charge is 0.507 e. The number of hydrogen-bond donors (Lipinski definition) is 1. The molecule has 0 spiro atoms. The lowest BCUT2D eigenvalue weighted by atomic mass is 10.1. The fourth-order valence-electron chi connectivity index (χ4n) is 1.36. The number of phenols is 1. The highest BCUT2D eigenvalue weighted by Crippen LogP contribution is 2.18. The molecule has 1 heteroatoms. The molecular formula is C16H18O. The highest BCUT2D eigenvalue weighted by Gasteiger charge is 1.94. The molecule has 0 amide bonds. The molecule has 2 rings (SSSR count). The summed E-state index contributed by atoms with van der Waals surface area (Å²) in [6.07, 6.45) is 1.63. The van der Waals surface area contributed by atoms with Gasteiger partial charge in [-0.1, -0.05) is 60.7 Å². The molecule has 88 valence electrons. The lowest BCUT2D eigenvalue weighted by Crippen LogP contribution is -1.75. The Bertz CT molecular complexity index is 472. The maximum absolute atomic E-state index is 9.22. The van der Waals surface area contributed by atoms with Crippen molar-refractivity contribution in [1.82, 2.24) is 0 Å². The topological polar surface area (TPSA) is 20.2 Å². The summed E-state index contributed by atoms with van der Waals surface area (Å²) in [5.74, 6) is 0.301. The summed E-state index contributed by atoms with van der Waals surface area (Å²) in [7, 11) is 0. The van der Waals surface area contributed by atoms with E-state index in [0.717, 1.165) is 11.1 Å². The van der Waals surface area contributed by atoms with E-state index in [2.05, 4.69) is 25.6 Å². The number of phenolic OH excluding ortho intramolecular Hbond substituents is 1. The number of aryl methyl sites for hydroxylation is 2. The Morgan fingerprint density at radius 1 is 0.941 bits per heavy atom. The second-order valence-electron chi connectivity index (χ2n) is 3.92. The van der Waals surface area contributed by atoms with Crippen LogP contribution < -0.4 is 0 Å². The van der Waals surface area contributed by atoms with E-state index in [0.29, 0.717) is 5.75 Å². The van der Waals surface area contributed by atoms with Crippen LogP contribution in [0.4, 0.5) is 0 Å². The van der Waals surface area contributed by atoms with Gasteiger partial charge in [0.2, 0.25) is 0 Å². The summed E-state index contributed by atoms with van der Waals surface area (Å²) in [4.78, 5) is 0.